The van der Waals surface area contributed by atoms with E-state index in [9.17, 15) is 18.0 Å². The first-order valence-electron chi connectivity index (χ1n) is 7.24. The fraction of sp³-hybridized carbons (Fsp3) is 0.375. The summed E-state index contributed by atoms with van der Waals surface area (Å²) in [7, 11) is 0. The third kappa shape index (κ3) is 2.97. The smallest absolute Gasteiger partial charge is 0.328 e. The van der Waals surface area contributed by atoms with Crippen molar-refractivity contribution in [3.05, 3.63) is 49.9 Å². The molecule has 0 unspecified atom stereocenters. The molecule has 2 aromatic heterocycles. The summed E-state index contributed by atoms with van der Waals surface area (Å²) >= 11 is 4.91. The maximum Gasteiger partial charge on any atom is 0.433 e. The van der Waals surface area contributed by atoms with E-state index in [1.165, 1.54) is 11.3 Å². The number of amides is 1. The Morgan fingerprint density at radius 3 is 2.67 bits per heavy atom. The number of fused-ring (bicyclic) bond motifs is 1. The number of pyridine rings is 1. The number of rotatable bonds is 3. The fourth-order valence-corrected chi connectivity index (χ4v) is 4.61. The van der Waals surface area contributed by atoms with E-state index in [4.69, 9.17) is 0 Å². The third-order valence-corrected chi connectivity index (χ3v) is 6.10. The third-order valence-electron chi connectivity index (χ3n) is 4.15. The molecule has 0 saturated carbocycles. The molecule has 1 aliphatic heterocycles. The molecule has 0 fully saturated rings. The predicted octanol–water partition coefficient (Wildman–Crippen LogP) is 4.86. The lowest BCUT2D eigenvalue weighted by atomic mass is 10.0. The quantitative estimate of drug-likeness (QED) is 0.712. The molecule has 3 rings (SSSR count). The number of halogens is 4. The highest BCUT2D eigenvalue weighted by molar-refractivity contribution is 9.11. The first kappa shape index (κ1) is 17.4. The lowest BCUT2D eigenvalue weighted by Gasteiger charge is -2.32. The van der Waals surface area contributed by atoms with Crippen LogP contribution >= 0.6 is 27.3 Å². The average molecular weight is 419 g/mol. The molecule has 0 bridgehead atoms. The van der Waals surface area contributed by atoms with Crippen LogP contribution in [0.4, 0.5) is 13.2 Å². The SMILES string of the molecule is CC1(C)c2sc(Br)cc2C(=O)N1CCc1ccnc(C(F)(F)F)c1. The van der Waals surface area contributed by atoms with Gasteiger partial charge in [-0.3, -0.25) is 9.78 Å². The first-order chi connectivity index (χ1) is 11.1. The highest BCUT2D eigenvalue weighted by Gasteiger charge is 2.44. The summed E-state index contributed by atoms with van der Waals surface area (Å²) in [5.41, 5.74) is -0.196. The molecule has 0 saturated heterocycles. The number of carbonyl (C=O) groups excluding carboxylic acids is 1. The van der Waals surface area contributed by atoms with Crippen LogP contribution in [0.1, 0.15) is 40.3 Å². The fourth-order valence-electron chi connectivity index (χ4n) is 2.90. The Hall–Kier alpha value is -1.41. The largest absolute Gasteiger partial charge is 0.433 e. The van der Waals surface area contributed by atoms with Crippen LogP contribution in [0.25, 0.3) is 0 Å². The molecule has 0 N–H and O–H groups in total. The molecule has 3 nitrogen and oxygen atoms in total. The molecule has 24 heavy (non-hydrogen) atoms. The molecule has 0 atom stereocenters. The Bertz CT molecular complexity index is 801. The van der Waals surface area contributed by atoms with E-state index in [2.05, 4.69) is 20.9 Å². The topological polar surface area (TPSA) is 33.2 Å². The minimum atomic E-state index is -4.46. The second kappa shape index (κ2) is 5.84. The molecule has 0 aliphatic carbocycles. The summed E-state index contributed by atoms with van der Waals surface area (Å²) in [6.07, 6.45) is -2.96. The summed E-state index contributed by atoms with van der Waals surface area (Å²) in [5.74, 6) is -0.0814. The Morgan fingerprint density at radius 2 is 2.04 bits per heavy atom. The zero-order valence-electron chi connectivity index (χ0n) is 12.9. The molecule has 8 heteroatoms. The van der Waals surface area contributed by atoms with Crippen molar-refractivity contribution >= 4 is 33.2 Å². The standard InChI is InChI=1S/C16H14BrF3N2OS/c1-15(2)13-10(8-12(17)24-13)14(23)22(15)6-4-9-3-5-21-11(7-9)16(18,19)20/h3,5,7-8H,4,6H2,1-2H3. The van der Waals surface area contributed by atoms with Gasteiger partial charge in [0.05, 0.1) is 14.9 Å². The summed E-state index contributed by atoms with van der Waals surface area (Å²) < 4.78 is 39.1. The van der Waals surface area contributed by atoms with E-state index in [1.54, 1.807) is 17.0 Å². The van der Waals surface area contributed by atoms with Crippen molar-refractivity contribution in [3.8, 4) is 0 Å². The van der Waals surface area contributed by atoms with Gasteiger partial charge in [-0.2, -0.15) is 13.2 Å². The molecule has 0 radical (unpaired) electrons. The van der Waals surface area contributed by atoms with Gasteiger partial charge in [-0.25, -0.2) is 0 Å². The summed E-state index contributed by atoms with van der Waals surface area (Å²) in [6, 6.07) is 4.40. The lowest BCUT2D eigenvalue weighted by Crippen LogP contribution is -2.40. The minimum absolute atomic E-state index is 0.0814. The van der Waals surface area contributed by atoms with Gasteiger partial charge in [-0.15, -0.1) is 11.3 Å². The van der Waals surface area contributed by atoms with Gasteiger partial charge in [0.1, 0.15) is 5.69 Å². The van der Waals surface area contributed by atoms with E-state index < -0.39 is 17.4 Å². The summed E-state index contributed by atoms with van der Waals surface area (Å²) in [6.45, 7) is 4.26. The van der Waals surface area contributed by atoms with E-state index in [0.29, 0.717) is 24.1 Å². The zero-order chi connectivity index (χ0) is 17.7. The summed E-state index contributed by atoms with van der Waals surface area (Å²) in [4.78, 5) is 18.6. The highest BCUT2D eigenvalue weighted by Crippen LogP contribution is 2.45. The summed E-state index contributed by atoms with van der Waals surface area (Å²) in [5, 5.41) is 0. The molecule has 128 valence electrons. The normalized spacial score (nSPS) is 16.6. The average Bonchev–Trinajstić information content (AvgIpc) is 2.95. The Morgan fingerprint density at radius 1 is 1.33 bits per heavy atom. The molecule has 1 amide bonds. The van der Waals surface area contributed by atoms with Crippen molar-refractivity contribution in [2.75, 3.05) is 6.54 Å². The number of hydrogen-bond donors (Lipinski definition) is 0. The van der Waals surface area contributed by atoms with Gasteiger partial charge in [-0.1, -0.05) is 0 Å². The molecular weight excluding hydrogens is 405 g/mol. The minimum Gasteiger partial charge on any atom is -0.328 e. The lowest BCUT2D eigenvalue weighted by molar-refractivity contribution is -0.141. The maximum atomic E-state index is 12.7. The molecular formula is C16H14BrF3N2OS. The van der Waals surface area contributed by atoms with Gasteiger partial charge in [0.15, 0.2) is 0 Å². The van der Waals surface area contributed by atoms with E-state index >= 15 is 0 Å². The van der Waals surface area contributed by atoms with E-state index in [0.717, 1.165) is 20.9 Å². The number of aromatic nitrogens is 1. The Balaban J connectivity index is 1.79. The Kier molecular flexibility index (Phi) is 4.24. The number of thiophene rings is 1. The molecule has 2 aromatic rings. The van der Waals surface area contributed by atoms with Crippen LogP contribution in [0.3, 0.4) is 0 Å². The second-order valence-corrected chi connectivity index (χ2v) is 8.54. The van der Waals surface area contributed by atoms with Gasteiger partial charge in [0.25, 0.3) is 5.91 Å². The number of nitrogens with zero attached hydrogens (tertiary/aromatic N) is 2. The first-order valence-corrected chi connectivity index (χ1v) is 8.85. The zero-order valence-corrected chi connectivity index (χ0v) is 15.3. The van der Waals surface area contributed by atoms with Crippen LogP contribution < -0.4 is 0 Å². The van der Waals surface area contributed by atoms with Gasteiger partial charge in [0, 0.05) is 17.6 Å². The molecule has 0 spiro atoms. The van der Waals surface area contributed by atoms with Gasteiger partial charge in [-0.05, 0) is 60.0 Å². The molecule has 0 aromatic carbocycles. The van der Waals surface area contributed by atoms with Crippen LogP contribution in [0.2, 0.25) is 0 Å². The van der Waals surface area contributed by atoms with Crippen LogP contribution in [0.15, 0.2) is 28.2 Å². The van der Waals surface area contributed by atoms with Gasteiger partial charge in [0.2, 0.25) is 0 Å². The van der Waals surface area contributed by atoms with Crippen LogP contribution in [0, 0.1) is 0 Å². The highest BCUT2D eigenvalue weighted by atomic mass is 79.9. The van der Waals surface area contributed by atoms with Crippen LogP contribution in [-0.2, 0) is 18.1 Å². The van der Waals surface area contributed by atoms with Crippen molar-refractivity contribution < 1.29 is 18.0 Å². The van der Waals surface area contributed by atoms with E-state index in [1.807, 2.05) is 13.8 Å². The van der Waals surface area contributed by atoms with E-state index in [-0.39, 0.29) is 5.91 Å². The van der Waals surface area contributed by atoms with Crippen molar-refractivity contribution in [2.24, 2.45) is 0 Å². The molecule has 1 aliphatic rings. The van der Waals surface area contributed by atoms with Crippen molar-refractivity contribution in [1.29, 1.82) is 0 Å². The monoisotopic (exact) mass is 418 g/mol. The number of alkyl halides is 3. The second-order valence-electron chi connectivity index (χ2n) is 6.11. The molecule has 3 heterocycles. The van der Waals surface area contributed by atoms with Crippen molar-refractivity contribution in [2.45, 2.75) is 32.0 Å². The van der Waals surface area contributed by atoms with Crippen LogP contribution in [-0.4, -0.2) is 22.3 Å². The van der Waals surface area contributed by atoms with Crippen molar-refractivity contribution in [3.63, 3.8) is 0 Å². The number of hydrogen-bond acceptors (Lipinski definition) is 3. The van der Waals surface area contributed by atoms with Gasteiger partial charge >= 0.3 is 6.18 Å². The van der Waals surface area contributed by atoms with Crippen molar-refractivity contribution in [1.82, 2.24) is 9.88 Å². The number of carbonyl (C=O) groups is 1. The van der Waals surface area contributed by atoms with Crippen LogP contribution in [0.5, 0.6) is 0 Å². The Labute approximate surface area is 149 Å². The van der Waals surface area contributed by atoms with Gasteiger partial charge < -0.3 is 4.90 Å². The maximum absolute atomic E-state index is 12.7. The predicted molar refractivity (Wildman–Crippen MR) is 89.0 cm³/mol.